The van der Waals surface area contributed by atoms with Gasteiger partial charge in [-0.3, -0.25) is 9.69 Å². The van der Waals surface area contributed by atoms with Crippen LogP contribution in [-0.2, 0) is 14.3 Å². The molecule has 1 heterocycles. The summed E-state index contributed by atoms with van der Waals surface area (Å²) in [5.41, 5.74) is -0.418. The molecule has 0 spiro atoms. The van der Waals surface area contributed by atoms with Crippen molar-refractivity contribution < 1.29 is 14.3 Å². The van der Waals surface area contributed by atoms with Gasteiger partial charge in [-0.2, -0.15) is 0 Å². The Kier molecular flexibility index (Phi) is 5.40. The van der Waals surface area contributed by atoms with Crippen molar-refractivity contribution in [3.05, 3.63) is 0 Å². The second kappa shape index (κ2) is 6.36. The molecule has 1 rings (SSSR count). The van der Waals surface area contributed by atoms with Gasteiger partial charge in [0.15, 0.2) is 0 Å². The first-order chi connectivity index (χ1) is 7.93. The lowest BCUT2D eigenvalue weighted by Gasteiger charge is -2.31. The van der Waals surface area contributed by atoms with E-state index >= 15 is 0 Å². The zero-order chi connectivity index (χ0) is 12.9. The second-order valence-electron chi connectivity index (χ2n) is 5.60. The Morgan fingerprint density at radius 1 is 1.35 bits per heavy atom. The molecule has 1 unspecified atom stereocenters. The number of hydrogen-bond acceptors (Lipinski definition) is 4. The zero-order valence-corrected chi connectivity index (χ0v) is 11.5. The van der Waals surface area contributed by atoms with Gasteiger partial charge in [-0.25, -0.2) is 0 Å². The Hall–Kier alpha value is -0.610. The number of carbonyl (C=O) groups excluding carboxylic acids is 1. The predicted molar refractivity (Wildman–Crippen MR) is 66.9 cm³/mol. The van der Waals surface area contributed by atoms with Gasteiger partial charge in [0.1, 0.15) is 6.10 Å². The normalized spacial score (nSPS) is 20.0. The molecule has 17 heavy (non-hydrogen) atoms. The van der Waals surface area contributed by atoms with Crippen molar-refractivity contribution in [3.63, 3.8) is 0 Å². The summed E-state index contributed by atoms with van der Waals surface area (Å²) in [6, 6.07) is 0. The summed E-state index contributed by atoms with van der Waals surface area (Å²) in [4.78, 5) is 14.1. The predicted octanol–water partition coefficient (Wildman–Crippen LogP) is 1.69. The summed E-state index contributed by atoms with van der Waals surface area (Å²) in [6.45, 7) is 12.0. The summed E-state index contributed by atoms with van der Waals surface area (Å²) in [6.07, 6.45) is 0.860. The molecule has 0 amide bonds. The molecule has 0 saturated carbocycles. The number of hydrogen-bond donors (Lipinski definition) is 0. The van der Waals surface area contributed by atoms with Gasteiger partial charge in [0.05, 0.1) is 18.6 Å². The highest BCUT2D eigenvalue weighted by Crippen LogP contribution is 2.17. The molecule has 0 aliphatic carbocycles. The first-order valence-corrected chi connectivity index (χ1v) is 6.44. The molecular formula is C13H25NO3. The molecule has 4 nitrogen and oxygen atoms in total. The van der Waals surface area contributed by atoms with E-state index in [0.717, 1.165) is 39.3 Å². The van der Waals surface area contributed by atoms with Crippen molar-refractivity contribution >= 4 is 5.97 Å². The average molecular weight is 243 g/mol. The van der Waals surface area contributed by atoms with Gasteiger partial charge in [0, 0.05) is 19.6 Å². The number of carbonyl (C=O) groups is 1. The molecule has 1 aliphatic rings. The van der Waals surface area contributed by atoms with Crippen LogP contribution in [0.15, 0.2) is 0 Å². The summed E-state index contributed by atoms with van der Waals surface area (Å²) >= 11 is 0. The van der Waals surface area contributed by atoms with Gasteiger partial charge < -0.3 is 9.47 Å². The molecule has 0 bridgehead atoms. The van der Waals surface area contributed by atoms with Crippen LogP contribution >= 0.6 is 0 Å². The summed E-state index contributed by atoms with van der Waals surface area (Å²) in [5, 5.41) is 0. The minimum atomic E-state index is -0.418. The number of ether oxygens (including phenoxy) is 2. The van der Waals surface area contributed by atoms with E-state index in [2.05, 4.69) is 11.8 Å². The number of rotatable bonds is 4. The fraction of sp³-hybridized carbons (Fsp3) is 0.923. The van der Waals surface area contributed by atoms with Crippen LogP contribution < -0.4 is 0 Å². The Labute approximate surface area is 104 Å². The first kappa shape index (κ1) is 14.5. The van der Waals surface area contributed by atoms with Gasteiger partial charge in [-0.15, -0.1) is 0 Å². The molecule has 0 N–H and O–H groups in total. The van der Waals surface area contributed by atoms with Crippen LogP contribution in [0.25, 0.3) is 0 Å². The van der Waals surface area contributed by atoms with Gasteiger partial charge in [0.25, 0.3) is 0 Å². The number of morpholine rings is 1. The van der Waals surface area contributed by atoms with Crippen molar-refractivity contribution in [1.82, 2.24) is 4.90 Å². The van der Waals surface area contributed by atoms with Crippen molar-refractivity contribution in [2.45, 2.75) is 40.2 Å². The van der Waals surface area contributed by atoms with E-state index < -0.39 is 5.41 Å². The topological polar surface area (TPSA) is 38.8 Å². The van der Waals surface area contributed by atoms with E-state index in [1.165, 1.54) is 0 Å². The quantitative estimate of drug-likeness (QED) is 0.704. The molecule has 1 aliphatic heterocycles. The van der Waals surface area contributed by atoms with E-state index in [1.54, 1.807) is 0 Å². The maximum absolute atomic E-state index is 11.8. The molecule has 1 fully saturated rings. The Morgan fingerprint density at radius 2 is 1.94 bits per heavy atom. The van der Waals surface area contributed by atoms with E-state index in [1.807, 2.05) is 20.8 Å². The van der Waals surface area contributed by atoms with E-state index in [9.17, 15) is 4.79 Å². The van der Waals surface area contributed by atoms with E-state index in [-0.39, 0.29) is 12.1 Å². The van der Waals surface area contributed by atoms with Crippen LogP contribution in [0.1, 0.15) is 34.1 Å². The molecule has 0 aromatic carbocycles. The molecule has 1 atom stereocenters. The minimum Gasteiger partial charge on any atom is -0.461 e. The van der Waals surface area contributed by atoms with Crippen LogP contribution in [0.5, 0.6) is 0 Å². The first-order valence-electron chi connectivity index (χ1n) is 6.44. The third-order valence-electron chi connectivity index (χ3n) is 2.91. The van der Waals surface area contributed by atoms with E-state index in [4.69, 9.17) is 9.47 Å². The van der Waals surface area contributed by atoms with Gasteiger partial charge in [-0.05, 0) is 27.2 Å². The highest BCUT2D eigenvalue weighted by atomic mass is 16.5. The fourth-order valence-corrected chi connectivity index (χ4v) is 1.65. The van der Waals surface area contributed by atoms with Crippen molar-refractivity contribution in [2.24, 2.45) is 5.41 Å². The summed E-state index contributed by atoms with van der Waals surface area (Å²) in [7, 11) is 0. The lowest BCUT2D eigenvalue weighted by Crippen LogP contribution is -2.42. The van der Waals surface area contributed by atoms with Crippen LogP contribution in [0.4, 0.5) is 0 Å². The highest BCUT2D eigenvalue weighted by Gasteiger charge is 2.26. The standard InChI is InChI=1S/C13H25NO3/c1-5-11(17-12(15)13(2,3)4)10-14-6-8-16-9-7-14/h11H,5-10H2,1-4H3. The van der Waals surface area contributed by atoms with Crippen LogP contribution in [0, 0.1) is 5.41 Å². The van der Waals surface area contributed by atoms with E-state index in [0.29, 0.717) is 0 Å². The summed E-state index contributed by atoms with van der Waals surface area (Å²) < 4.78 is 10.8. The zero-order valence-electron chi connectivity index (χ0n) is 11.5. The molecule has 0 radical (unpaired) electrons. The van der Waals surface area contributed by atoms with Crippen LogP contribution in [0.3, 0.4) is 0 Å². The third kappa shape index (κ3) is 5.04. The highest BCUT2D eigenvalue weighted by molar-refractivity contribution is 5.75. The largest absolute Gasteiger partial charge is 0.461 e. The van der Waals surface area contributed by atoms with Gasteiger partial charge >= 0.3 is 5.97 Å². The average Bonchev–Trinajstić information content (AvgIpc) is 2.28. The number of nitrogens with zero attached hydrogens (tertiary/aromatic N) is 1. The molecule has 0 aromatic rings. The minimum absolute atomic E-state index is 0.000162. The summed E-state index contributed by atoms with van der Waals surface area (Å²) in [5.74, 6) is -0.113. The smallest absolute Gasteiger partial charge is 0.311 e. The molecule has 4 heteroatoms. The Balaban J connectivity index is 2.40. The molecule has 0 aromatic heterocycles. The maximum Gasteiger partial charge on any atom is 0.311 e. The van der Waals surface area contributed by atoms with Crippen molar-refractivity contribution in [1.29, 1.82) is 0 Å². The van der Waals surface area contributed by atoms with Crippen LogP contribution in [-0.4, -0.2) is 49.8 Å². The van der Waals surface area contributed by atoms with Gasteiger partial charge in [-0.1, -0.05) is 6.92 Å². The fourth-order valence-electron chi connectivity index (χ4n) is 1.65. The van der Waals surface area contributed by atoms with Crippen molar-refractivity contribution in [2.75, 3.05) is 32.8 Å². The molecule has 100 valence electrons. The molecular weight excluding hydrogens is 218 g/mol. The maximum atomic E-state index is 11.8. The Morgan fingerprint density at radius 3 is 2.41 bits per heavy atom. The SMILES string of the molecule is CCC(CN1CCOCC1)OC(=O)C(C)(C)C. The second-order valence-corrected chi connectivity index (χ2v) is 5.60. The molecule has 1 saturated heterocycles. The Bertz CT molecular complexity index is 242. The van der Waals surface area contributed by atoms with Gasteiger partial charge in [0.2, 0.25) is 0 Å². The lowest BCUT2D eigenvalue weighted by atomic mass is 9.97. The third-order valence-corrected chi connectivity index (χ3v) is 2.91. The lowest BCUT2D eigenvalue weighted by molar-refractivity contribution is -0.160. The van der Waals surface area contributed by atoms with Crippen LogP contribution in [0.2, 0.25) is 0 Å². The monoisotopic (exact) mass is 243 g/mol. The number of esters is 1. The van der Waals surface area contributed by atoms with Crippen molar-refractivity contribution in [3.8, 4) is 0 Å².